The number of aliphatic hydroxyl groups is 1. The molecule has 0 fully saturated rings. The van der Waals surface area contributed by atoms with Gasteiger partial charge >= 0.3 is 5.97 Å². The van der Waals surface area contributed by atoms with Gasteiger partial charge in [-0.15, -0.1) is 0 Å². The Bertz CT molecular complexity index is 631. The van der Waals surface area contributed by atoms with E-state index in [1.807, 2.05) is 31.2 Å². The van der Waals surface area contributed by atoms with E-state index in [-0.39, 0.29) is 12.2 Å². The molecule has 4 heteroatoms. The molecule has 0 bridgehead atoms. The number of ether oxygens (including phenoxy) is 1. The maximum atomic E-state index is 11.3. The van der Waals surface area contributed by atoms with Gasteiger partial charge in [0, 0.05) is 5.39 Å². The molecule has 0 heterocycles. The van der Waals surface area contributed by atoms with E-state index in [2.05, 4.69) is 0 Å². The Kier molecular flexibility index (Phi) is 3.95. The molecular weight excluding hydrogens is 256 g/mol. The van der Waals surface area contributed by atoms with Crippen LogP contribution in [0.25, 0.3) is 10.8 Å². The zero-order valence-corrected chi connectivity index (χ0v) is 11.6. The molecule has 4 nitrogen and oxygen atoms in total. The summed E-state index contributed by atoms with van der Waals surface area (Å²) in [5.41, 5.74) is -0.872. The third-order valence-corrected chi connectivity index (χ3v) is 3.40. The minimum Gasteiger partial charge on any atom is -0.489 e. The van der Waals surface area contributed by atoms with E-state index in [0.717, 1.165) is 10.8 Å². The van der Waals surface area contributed by atoms with E-state index in [1.54, 1.807) is 13.0 Å². The van der Waals surface area contributed by atoms with Crippen LogP contribution in [0.1, 0.15) is 30.6 Å². The lowest BCUT2D eigenvalue weighted by Gasteiger charge is -2.22. The van der Waals surface area contributed by atoms with Gasteiger partial charge in [-0.25, -0.2) is 4.79 Å². The third-order valence-electron chi connectivity index (χ3n) is 3.40. The van der Waals surface area contributed by atoms with Gasteiger partial charge in [-0.1, -0.05) is 37.3 Å². The summed E-state index contributed by atoms with van der Waals surface area (Å²) in [6.07, 6.45) is 0.528. The summed E-state index contributed by atoms with van der Waals surface area (Å²) in [5.74, 6) is -0.730. The molecule has 0 spiro atoms. The van der Waals surface area contributed by atoms with Gasteiger partial charge in [-0.05, 0) is 24.8 Å². The van der Waals surface area contributed by atoms with E-state index in [0.29, 0.717) is 12.2 Å². The molecule has 106 valence electrons. The number of benzene rings is 2. The molecule has 20 heavy (non-hydrogen) atoms. The fraction of sp³-hybridized carbons (Fsp3) is 0.312. The first-order valence-corrected chi connectivity index (χ1v) is 6.55. The number of carboxylic acids is 1. The van der Waals surface area contributed by atoms with Crippen LogP contribution in [0.4, 0.5) is 0 Å². The molecule has 0 aliphatic heterocycles. The molecule has 2 aromatic carbocycles. The molecule has 0 amide bonds. The zero-order valence-electron chi connectivity index (χ0n) is 11.6. The van der Waals surface area contributed by atoms with Gasteiger partial charge in [0.25, 0.3) is 0 Å². The number of aromatic carboxylic acids is 1. The van der Waals surface area contributed by atoms with Gasteiger partial charge in [0.2, 0.25) is 0 Å². The normalized spacial score (nSPS) is 13.9. The third kappa shape index (κ3) is 2.91. The standard InChI is InChI=1S/C16H18O4/c1-3-16(2,19)10-20-14-12-7-5-4-6-11(12)8-9-13(14)15(17)18/h4-9,19H,3,10H2,1-2H3,(H,17,18). The fourth-order valence-electron chi connectivity index (χ4n) is 1.90. The molecule has 0 radical (unpaired) electrons. The lowest BCUT2D eigenvalue weighted by Crippen LogP contribution is -2.31. The predicted octanol–water partition coefficient (Wildman–Crippen LogP) is 3.08. The molecule has 2 N–H and O–H groups in total. The van der Waals surface area contributed by atoms with Crippen molar-refractivity contribution in [1.29, 1.82) is 0 Å². The van der Waals surface area contributed by atoms with Crippen LogP contribution in [-0.2, 0) is 0 Å². The van der Waals surface area contributed by atoms with E-state index in [9.17, 15) is 15.0 Å². The SMILES string of the molecule is CCC(C)(O)COc1c(C(=O)O)ccc2ccccc12. The molecular formula is C16H18O4. The highest BCUT2D eigenvalue weighted by atomic mass is 16.5. The Hall–Kier alpha value is -2.07. The van der Waals surface area contributed by atoms with E-state index in [1.165, 1.54) is 6.07 Å². The number of carboxylic acid groups (broad SMARTS) is 1. The zero-order chi connectivity index (χ0) is 14.8. The van der Waals surface area contributed by atoms with Gasteiger partial charge in [-0.2, -0.15) is 0 Å². The molecule has 2 rings (SSSR count). The van der Waals surface area contributed by atoms with Crippen LogP contribution < -0.4 is 4.74 Å². The Morgan fingerprint density at radius 3 is 2.60 bits per heavy atom. The lowest BCUT2D eigenvalue weighted by atomic mass is 10.0. The Morgan fingerprint density at radius 1 is 1.25 bits per heavy atom. The number of hydrogen-bond donors (Lipinski definition) is 2. The second-order valence-electron chi connectivity index (χ2n) is 5.11. The number of rotatable bonds is 5. The number of carbonyl (C=O) groups is 1. The second kappa shape index (κ2) is 5.51. The topological polar surface area (TPSA) is 66.8 Å². The van der Waals surface area contributed by atoms with Gasteiger partial charge < -0.3 is 14.9 Å². The average molecular weight is 274 g/mol. The van der Waals surface area contributed by atoms with Crippen LogP contribution in [0, 0.1) is 0 Å². The predicted molar refractivity (Wildman–Crippen MR) is 77.3 cm³/mol. The van der Waals surface area contributed by atoms with Crippen LogP contribution in [0.2, 0.25) is 0 Å². The monoisotopic (exact) mass is 274 g/mol. The molecule has 2 aromatic rings. The summed E-state index contributed by atoms with van der Waals surface area (Å²) in [6.45, 7) is 3.57. The first kappa shape index (κ1) is 14.3. The van der Waals surface area contributed by atoms with E-state index in [4.69, 9.17) is 4.74 Å². The van der Waals surface area contributed by atoms with Crippen molar-refractivity contribution in [2.45, 2.75) is 25.9 Å². The highest BCUT2D eigenvalue weighted by Gasteiger charge is 2.21. The van der Waals surface area contributed by atoms with Crippen LogP contribution in [-0.4, -0.2) is 28.4 Å². The smallest absolute Gasteiger partial charge is 0.339 e. The summed E-state index contributed by atoms with van der Waals surface area (Å²) < 4.78 is 5.64. The molecule has 0 aliphatic carbocycles. The lowest BCUT2D eigenvalue weighted by molar-refractivity contribution is 0.00840. The first-order valence-electron chi connectivity index (χ1n) is 6.55. The van der Waals surface area contributed by atoms with Gasteiger partial charge in [0.05, 0.1) is 5.60 Å². The van der Waals surface area contributed by atoms with Gasteiger partial charge in [0.15, 0.2) is 0 Å². The highest BCUT2D eigenvalue weighted by molar-refractivity contribution is 6.00. The molecule has 0 aliphatic rings. The molecule has 1 atom stereocenters. The highest BCUT2D eigenvalue weighted by Crippen LogP contribution is 2.30. The minimum atomic E-state index is -1.04. The van der Waals surface area contributed by atoms with Crippen molar-refractivity contribution in [2.75, 3.05) is 6.61 Å². The molecule has 0 saturated carbocycles. The van der Waals surface area contributed by atoms with Gasteiger partial charge in [0.1, 0.15) is 17.9 Å². The van der Waals surface area contributed by atoms with Crippen molar-refractivity contribution < 1.29 is 19.7 Å². The first-order chi connectivity index (χ1) is 9.44. The Morgan fingerprint density at radius 2 is 1.95 bits per heavy atom. The largest absolute Gasteiger partial charge is 0.489 e. The average Bonchev–Trinajstić information content (AvgIpc) is 2.44. The summed E-state index contributed by atoms with van der Waals surface area (Å²) >= 11 is 0. The molecule has 1 unspecified atom stereocenters. The summed E-state index contributed by atoms with van der Waals surface area (Å²) in [7, 11) is 0. The number of fused-ring (bicyclic) bond motifs is 1. The number of hydrogen-bond acceptors (Lipinski definition) is 3. The minimum absolute atomic E-state index is 0.0534. The van der Waals surface area contributed by atoms with Crippen molar-refractivity contribution in [1.82, 2.24) is 0 Å². The van der Waals surface area contributed by atoms with E-state index < -0.39 is 11.6 Å². The second-order valence-corrected chi connectivity index (χ2v) is 5.11. The Balaban J connectivity index is 2.47. The van der Waals surface area contributed by atoms with Crippen LogP contribution >= 0.6 is 0 Å². The summed E-state index contributed by atoms with van der Waals surface area (Å²) in [6, 6.07) is 10.7. The maximum absolute atomic E-state index is 11.3. The van der Waals surface area contributed by atoms with Crippen LogP contribution in [0.3, 0.4) is 0 Å². The quantitative estimate of drug-likeness (QED) is 0.879. The summed E-state index contributed by atoms with van der Waals surface area (Å²) in [5, 5.41) is 20.9. The molecule has 0 saturated heterocycles. The van der Waals surface area contributed by atoms with Crippen LogP contribution in [0.5, 0.6) is 5.75 Å². The van der Waals surface area contributed by atoms with Crippen molar-refractivity contribution >= 4 is 16.7 Å². The van der Waals surface area contributed by atoms with Crippen molar-refractivity contribution in [2.24, 2.45) is 0 Å². The van der Waals surface area contributed by atoms with Crippen molar-refractivity contribution in [3.8, 4) is 5.75 Å². The van der Waals surface area contributed by atoms with Crippen molar-refractivity contribution in [3.63, 3.8) is 0 Å². The van der Waals surface area contributed by atoms with Gasteiger partial charge in [-0.3, -0.25) is 0 Å². The fourth-order valence-corrected chi connectivity index (χ4v) is 1.90. The van der Waals surface area contributed by atoms with E-state index >= 15 is 0 Å². The van der Waals surface area contributed by atoms with Crippen LogP contribution in [0.15, 0.2) is 36.4 Å². The Labute approximate surface area is 117 Å². The van der Waals surface area contributed by atoms with Crippen molar-refractivity contribution in [3.05, 3.63) is 42.0 Å². The summed E-state index contributed by atoms with van der Waals surface area (Å²) in [4.78, 5) is 11.3. The molecule has 0 aromatic heterocycles. The maximum Gasteiger partial charge on any atom is 0.339 e.